The van der Waals surface area contributed by atoms with Crippen LogP contribution in [0.15, 0.2) is 4.52 Å². The van der Waals surface area contributed by atoms with Crippen LogP contribution in [0.1, 0.15) is 76.4 Å². The van der Waals surface area contributed by atoms with Gasteiger partial charge in [-0.05, 0) is 13.0 Å². The number of rotatable bonds is 12. The molecule has 19 heavy (non-hydrogen) atoms. The SMILES string of the molecule is CCCCCCCCCCCc1nc(CCN)no1. The van der Waals surface area contributed by atoms with Crippen molar-refractivity contribution < 1.29 is 4.52 Å². The second kappa shape index (κ2) is 11.0. The number of nitrogens with zero attached hydrogens (tertiary/aromatic N) is 2. The molecule has 0 aliphatic carbocycles. The highest BCUT2D eigenvalue weighted by Crippen LogP contribution is 2.11. The van der Waals surface area contributed by atoms with E-state index in [0.29, 0.717) is 13.0 Å². The molecule has 0 atom stereocenters. The molecule has 0 unspecified atom stereocenters. The lowest BCUT2D eigenvalue weighted by Crippen LogP contribution is -2.03. The molecule has 0 spiro atoms. The number of unbranched alkanes of at least 4 members (excludes halogenated alkanes) is 8. The van der Waals surface area contributed by atoms with E-state index in [1.165, 1.54) is 51.4 Å². The van der Waals surface area contributed by atoms with Crippen LogP contribution in [0.3, 0.4) is 0 Å². The van der Waals surface area contributed by atoms with Gasteiger partial charge in [0.25, 0.3) is 0 Å². The molecule has 0 aromatic carbocycles. The van der Waals surface area contributed by atoms with Gasteiger partial charge in [0.2, 0.25) is 5.89 Å². The summed E-state index contributed by atoms with van der Waals surface area (Å²) in [6.07, 6.45) is 13.7. The molecule has 1 aromatic heterocycles. The lowest BCUT2D eigenvalue weighted by molar-refractivity contribution is 0.368. The fourth-order valence-electron chi connectivity index (χ4n) is 2.21. The fraction of sp³-hybridized carbons (Fsp3) is 0.867. The average molecular weight is 267 g/mol. The molecular formula is C15H29N3O. The van der Waals surface area contributed by atoms with Crippen molar-refractivity contribution in [2.24, 2.45) is 5.73 Å². The van der Waals surface area contributed by atoms with Crippen LogP contribution < -0.4 is 5.73 Å². The molecule has 110 valence electrons. The van der Waals surface area contributed by atoms with Gasteiger partial charge in [0, 0.05) is 12.8 Å². The third kappa shape index (κ3) is 7.98. The summed E-state index contributed by atoms with van der Waals surface area (Å²) in [5.74, 6) is 1.51. The van der Waals surface area contributed by atoms with Crippen molar-refractivity contribution in [1.82, 2.24) is 10.1 Å². The zero-order valence-corrected chi connectivity index (χ0v) is 12.4. The van der Waals surface area contributed by atoms with E-state index >= 15 is 0 Å². The van der Waals surface area contributed by atoms with Gasteiger partial charge in [-0.15, -0.1) is 0 Å². The lowest BCUT2D eigenvalue weighted by Gasteiger charge is -2.00. The van der Waals surface area contributed by atoms with E-state index in [-0.39, 0.29) is 0 Å². The van der Waals surface area contributed by atoms with Gasteiger partial charge < -0.3 is 10.3 Å². The molecule has 0 aliphatic heterocycles. The van der Waals surface area contributed by atoms with Crippen LogP contribution in [0, 0.1) is 0 Å². The molecule has 1 rings (SSSR count). The van der Waals surface area contributed by atoms with Gasteiger partial charge in [0.1, 0.15) is 0 Å². The molecule has 2 N–H and O–H groups in total. The fourth-order valence-corrected chi connectivity index (χ4v) is 2.21. The second-order valence-electron chi connectivity index (χ2n) is 5.22. The van der Waals surface area contributed by atoms with Crippen LogP contribution in [0.25, 0.3) is 0 Å². The summed E-state index contributed by atoms with van der Waals surface area (Å²) in [5, 5.41) is 3.90. The van der Waals surface area contributed by atoms with Gasteiger partial charge >= 0.3 is 0 Å². The molecule has 0 fully saturated rings. The number of hydrogen-bond donors (Lipinski definition) is 1. The van der Waals surface area contributed by atoms with E-state index in [0.717, 1.165) is 24.6 Å². The van der Waals surface area contributed by atoms with Crippen LogP contribution in [-0.4, -0.2) is 16.7 Å². The van der Waals surface area contributed by atoms with Crippen LogP contribution >= 0.6 is 0 Å². The summed E-state index contributed by atoms with van der Waals surface area (Å²) < 4.78 is 5.17. The minimum atomic E-state index is 0.580. The van der Waals surface area contributed by atoms with Crippen LogP contribution in [0.4, 0.5) is 0 Å². The average Bonchev–Trinajstić information content (AvgIpc) is 2.85. The van der Waals surface area contributed by atoms with Gasteiger partial charge in [-0.25, -0.2) is 0 Å². The van der Waals surface area contributed by atoms with Crippen molar-refractivity contribution in [3.8, 4) is 0 Å². The van der Waals surface area contributed by atoms with E-state index in [1.54, 1.807) is 0 Å². The summed E-state index contributed by atoms with van der Waals surface area (Å²) in [7, 11) is 0. The van der Waals surface area contributed by atoms with Gasteiger partial charge in [-0.1, -0.05) is 63.4 Å². The van der Waals surface area contributed by atoms with E-state index in [2.05, 4.69) is 17.1 Å². The monoisotopic (exact) mass is 267 g/mol. The summed E-state index contributed by atoms with van der Waals surface area (Å²) in [4.78, 5) is 4.31. The molecule has 4 nitrogen and oxygen atoms in total. The third-order valence-electron chi connectivity index (χ3n) is 3.37. The Bertz CT molecular complexity index is 312. The smallest absolute Gasteiger partial charge is 0.226 e. The van der Waals surface area contributed by atoms with Gasteiger partial charge in [-0.2, -0.15) is 4.98 Å². The lowest BCUT2D eigenvalue weighted by atomic mass is 10.1. The van der Waals surface area contributed by atoms with Crippen molar-refractivity contribution in [2.45, 2.75) is 77.6 Å². The summed E-state index contributed by atoms with van der Waals surface area (Å²) >= 11 is 0. The largest absolute Gasteiger partial charge is 0.339 e. The van der Waals surface area contributed by atoms with Crippen LogP contribution in [-0.2, 0) is 12.8 Å². The van der Waals surface area contributed by atoms with E-state index in [1.807, 2.05) is 0 Å². The minimum absolute atomic E-state index is 0.580. The van der Waals surface area contributed by atoms with Crippen LogP contribution in [0.2, 0.25) is 0 Å². The van der Waals surface area contributed by atoms with Gasteiger partial charge in [-0.3, -0.25) is 0 Å². The van der Waals surface area contributed by atoms with E-state index in [4.69, 9.17) is 10.3 Å². The first-order chi connectivity index (χ1) is 9.36. The maximum Gasteiger partial charge on any atom is 0.226 e. The maximum atomic E-state index is 5.45. The molecule has 1 heterocycles. The Morgan fingerprint density at radius 3 is 2.16 bits per heavy atom. The Balaban J connectivity index is 1.92. The van der Waals surface area contributed by atoms with E-state index < -0.39 is 0 Å². The standard InChI is InChI=1S/C15H29N3O/c1-2-3-4-5-6-7-8-9-10-11-15-17-14(12-13-16)18-19-15/h2-13,16H2,1H3. The maximum absolute atomic E-state index is 5.45. The van der Waals surface area contributed by atoms with Crippen molar-refractivity contribution in [1.29, 1.82) is 0 Å². The number of nitrogens with two attached hydrogens (primary N) is 1. The summed E-state index contributed by atoms with van der Waals surface area (Å²) in [5.41, 5.74) is 5.45. The predicted molar refractivity (Wildman–Crippen MR) is 78.0 cm³/mol. The predicted octanol–water partition coefficient (Wildman–Crippen LogP) is 3.64. The highest BCUT2D eigenvalue weighted by Gasteiger charge is 2.04. The Morgan fingerprint density at radius 1 is 0.895 bits per heavy atom. The molecule has 0 radical (unpaired) electrons. The molecule has 0 aliphatic rings. The molecule has 0 saturated heterocycles. The van der Waals surface area contributed by atoms with Crippen molar-refractivity contribution >= 4 is 0 Å². The normalized spacial score (nSPS) is 11.1. The minimum Gasteiger partial charge on any atom is -0.339 e. The molecular weight excluding hydrogens is 238 g/mol. The molecule has 1 aromatic rings. The first-order valence-corrected chi connectivity index (χ1v) is 7.88. The molecule has 4 heteroatoms. The Labute approximate surface area is 117 Å². The molecule has 0 bridgehead atoms. The van der Waals surface area contributed by atoms with Crippen molar-refractivity contribution in [2.75, 3.05) is 6.54 Å². The second-order valence-corrected chi connectivity index (χ2v) is 5.22. The molecule has 0 saturated carbocycles. The molecule has 0 amide bonds. The number of aromatic nitrogens is 2. The Hall–Kier alpha value is -0.900. The third-order valence-corrected chi connectivity index (χ3v) is 3.37. The topological polar surface area (TPSA) is 64.9 Å². The van der Waals surface area contributed by atoms with Crippen LogP contribution in [0.5, 0.6) is 0 Å². The highest BCUT2D eigenvalue weighted by atomic mass is 16.5. The number of aryl methyl sites for hydroxylation is 1. The Kier molecular flexibility index (Phi) is 9.33. The first kappa shape index (κ1) is 16.2. The van der Waals surface area contributed by atoms with E-state index in [9.17, 15) is 0 Å². The summed E-state index contributed by atoms with van der Waals surface area (Å²) in [6, 6.07) is 0. The van der Waals surface area contributed by atoms with Gasteiger partial charge in [0.15, 0.2) is 5.82 Å². The first-order valence-electron chi connectivity index (χ1n) is 7.88. The Morgan fingerprint density at radius 2 is 1.53 bits per heavy atom. The zero-order valence-electron chi connectivity index (χ0n) is 12.4. The van der Waals surface area contributed by atoms with Crippen molar-refractivity contribution in [3.05, 3.63) is 11.7 Å². The quantitative estimate of drug-likeness (QED) is 0.587. The zero-order chi connectivity index (χ0) is 13.8. The van der Waals surface area contributed by atoms with Crippen molar-refractivity contribution in [3.63, 3.8) is 0 Å². The highest BCUT2D eigenvalue weighted by molar-refractivity contribution is 4.86. The summed E-state index contributed by atoms with van der Waals surface area (Å²) in [6.45, 7) is 2.84. The number of hydrogen-bond acceptors (Lipinski definition) is 4. The van der Waals surface area contributed by atoms with Gasteiger partial charge in [0.05, 0.1) is 0 Å².